The summed E-state index contributed by atoms with van der Waals surface area (Å²) in [5.41, 5.74) is 2.18. The standard InChI is InChI=1S/C24H24FN3O4/c1-17(29)20-7-8-22(21(25)14-20)27-10-12-28(13-11-27)23(30)16-32-24(31)9-6-18-2-4-19(15-26)5-3-18/h2-5,7-8,14H,6,9-13,16H2,1H3. The molecular formula is C24H24FN3O4. The molecule has 0 radical (unpaired) electrons. The molecule has 32 heavy (non-hydrogen) atoms. The average Bonchev–Trinajstić information content (AvgIpc) is 2.81. The summed E-state index contributed by atoms with van der Waals surface area (Å²) < 4.78 is 19.4. The summed E-state index contributed by atoms with van der Waals surface area (Å²) in [7, 11) is 0. The van der Waals surface area contributed by atoms with E-state index in [1.54, 1.807) is 41.3 Å². The van der Waals surface area contributed by atoms with Gasteiger partial charge in [0.05, 0.1) is 17.3 Å². The summed E-state index contributed by atoms with van der Waals surface area (Å²) in [4.78, 5) is 39.1. The molecule has 8 heteroatoms. The molecule has 7 nitrogen and oxygen atoms in total. The Labute approximate surface area is 186 Å². The van der Waals surface area contributed by atoms with Gasteiger partial charge in [-0.05, 0) is 49.2 Å². The van der Waals surface area contributed by atoms with E-state index in [2.05, 4.69) is 0 Å². The number of Topliss-reactive ketones (excluding diaryl/α,β-unsaturated/α-hetero) is 1. The number of piperazine rings is 1. The fourth-order valence-electron chi connectivity index (χ4n) is 3.48. The third-order valence-corrected chi connectivity index (χ3v) is 5.38. The molecule has 3 rings (SSSR count). The zero-order chi connectivity index (χ0) is 23.1. The summed E-state index contributed by atoms with van der Waals surface area (Å²) in [5.74, 6) is -1.41. The topological polar surface area (TPSA) is 90.7 Å². The molecule has 1 amide bonds. The lowest BCUT2D eigenvalue weighted by Crippen LogP contribution is -2.50. The zero-order valence-electron chi connectivity index (χ0n) is 17.8. The van der Waals surface area contributed by atoms with E-state index in [0.29, 0.717) is 49.4 Å². The maximum Gasteiger partial charge on any atom is 0.306 e. The number of ether oxygens (including phenoxy) is 1. The van der Waals surface area contributed by atoms with Crippen molar-refractivity contribution in [2.45, 2.75) is 19.8 Å². The lowest BCUT2D eigenvalue weighted by Gasteiger charge is -2.36. The first-order valence-electron chi connectivity index (χ1n) is 10.3. The van der Waals surface area contributed by atoms with Crippen LogP contribution in [0.1, 0.15) is 34.8 Å². The molecule has 2 aromatic rings. The number of esters is 1. The Bertz CT molecular complexity index is 1040. The normalized spacial score (nSPS) is 13.4. The highest BCUT2D eigenvalue weighted by Crippen LogP contribution is 2.22. The van der Waals surface area contributed by atoms with E-state index in [-0.39, 0.29) is 24.7 Å². The van der Waals surface area contributed by atoms with Crippen LogP contribution in [0, 0.1) is 17.1 Å². The molecule has 1 saturated heterocycles. The largest absolute Gasteiger partial charge is 0.456 e. The summed E-state index contributed by atoms with van der Waals surface area (Å²) in [6, 6.07) is 13.4. The van der Waals surface area contributed by atoms with Crippen LogP contribution < -0.4 is 4.90 Å². The van der Waals surface area contributed by atoms with E-state index in [1.807, 2.05) is 11.0 Å². The molecule has 0 N–H and O–H groups in total. The number of halogens is 1. The van der Waals surface area contributed by atoms with Crippen LogP contribution in [0.15, 0.2) is 42.5 Å². The van der Waals surface area contributed by atoms with Crippen molar-refractivity contribution in [1.29, 1.82) is 5.26 Å². The number of amides is 1. The van der Waals surface area contributed by atoms with Gasteiger partial charge in [0, 0.05) is 38.2 Å². The van der Waals surface area contributed by atoms with Gasteiger partial charge in [-0.25, -0.2) is 4.39 Å². The second-order valence-corrected chi connectivity index (χ2v) is 7.56. The number of anilines is 1. The quantitative estimate of drug-likeness (QED) is 0.489. The number of carbonyl (C=O) groups is 3. The Morgan fingerprint density at radius 1 is 1.06 bits per heavy atom. The first-order valence-corrected chi connectivity index (χ1v) is 10.3. The third kappa shape index (κ3) is 5.91. The minimum Gasteiger partial charge on any atom is -0.456 e. The third-order valence-electron chi connectivity index (χ3n) is 5.38. The molecule has 0 saturated carbocycles. The second kappa shape index (κ2) is 10.5. The summed E-state index contributed by atoms with van der Waals surface area (Å²) >= 11 is 0. The summed E-state index contributed by atoms with van der Waals surface area (Å²) in [6.07, 6.45) is 0.605. The Kier molecular flexibility index (Phi) is 7.55. The molecule has 1 aliphatic heterocycles. The van der Waals surface area contributed by atoms with E-state index in [1.165, 1.54) is 13.0 Å². The molecular weight excluding hydrogens is 413 g/mol. The lowest BCUT2D eigenvalue weighted by molar-refractivity contribution is -0.152. The van der Waals surface area contributed by atoms with Crippen LogP contribution >= 0.6 is 0 Å². The van der Waals surface area contributed by atoms with Crippen LogP contribution in [0.4, 0.5) is 10.1 Å². The molecule has 1 heterocycles. The van der Waals surface area contributed by atoms with Gasteiger partial charge in [-0.2, -0.15) is 5.26 Å². The summed E-state index contributed by atoms with van der Waals surface area (Å²) in [5, 5.41) is 8.80. The summed E-state index contributed by atoms with van der Waals surface area (Å²) in [6.45, 7) is 2.71. The smallest absolute Gasteiger partial charge is 0.306 e. The minimum absolute atomic E-state index is 0.141. The van der Waals surface area contributed by atoms with Crippen LogP contribution in [0.2, 0.25) is 0 Å². The molecule has 1 aliphatic rings. The fraction of sp³-hybridized carbons (Fsp3) is 0.333. The van der Waals surface area contributed by atoms with Crippen molar-refractivity contribution < 1.29 is 23.5 Å². The van der Waals surface area contributed by atoms with Gasteiger partial charge in [-0.1, -0.05) is 12.1 Å². The van der Waals surface area contributed by atoms with Gasteiger partial charge in [0.1, 0.15) is 5.82 Å². The number of nitrogens with zero attached hydrogens (tertiary/aromatic N) is 3. The van der Waals surface area contributed by atoms with Crippen LogP contribution in [-0.2, 0) is 20.7 Å². The van der Waals surface area contributed by atoms with Crippen molar-refractivity contribution in [3.63, 3.8) is 0 Å². The highest BCUT2D eigenvalue weighted by molar-refractivity contribution is 5.94. The van der Waals surface area contributed by atoms with E-state index in [9.17, 15) is 18.8 Å². The maximum absolute atomic E-state index is 14.3. The molecule has 0 aromatic heterocycles. The molecule has 2 aromatic carbocycles. The molecule has 0 aliphatic carbocycles. The predicted molar refractivity (Wildman–Crippen MR) is 116 cm³/mol. The number of hydrogen-bond acceptors (Lipinski definition) is 6. The number of carbonyl (C=O) groups excluding carboxylic acids is 3. The number of aryl methyl sites for hydroxylation is 1. The van der Waals surface area contributed by atoms with Crippen molar-refractivity contribution in [3.05, 3.63) is 65.0 Å². The monoisotopic (exact) mass is 437 g/mol. The van der Waals surface area contributed by atoms with Crippen molar-refractivity contribution >= 4 is 23.3 Å². The van der Waals surface area contributed by atoms with Gasteiger partial charge >= 0.3 is 5.97 Å². The molecule has 0 bridgehead atoms. The molecule has 0 unspecified atom stereocenters. The van der Waals surface area contributed by atoms with Gasteiger partial charge in [0.25, 0.3) is 5.91 Å². The van der Waals surface area contributed by atoms with Gasteiger partial charge in [-0.3, -0.25) is 14.4 Å². The van der Waals surface area contributed by atoms with Crippen LogP contribution in [0.3, 0.4) is 0 Å². The van der Waals surface area contributed by atoms with E-state index < -0.39 is 11.8 Å². The number of rotatable bonds is 7. The molecule has 166 valence electrons. The minimum atomic E-state index is -0.464. The van der Waals surface area contributed by atoms with Crippen molar-refractivity contribution in [3.8, 4) is 6.07 Å². The Morgan fingerprint density at radius 3 is 2.34 bits per heavy atom. The lowest BCUT2D eigenvalue weighted by atomic mass is 10.1. The first kappa shape index (κ1) is 22.9. The molecule has 0 spiro atoms. The second-order valence-electron chi connectivity index (χ2n) is 7.56. The SMILES string of the molecule is CC(=O)c1ccc(N2CCN(C(=O)COC(=O)CCc3ccc(C#N)cc3)CC2)c(F)c1. The predicted octanol–water partition coefficient (Wildman–Crippen LogP) is 2.72. The van der Waals surface area contributed by atoms with Crippen molar-refractivity contribution in [2.75, 3.05) is 37.7 Å². The van der Waals surface area contributed by atoms with Crippen molar-refractivity contribution in [2.24, 2.45) is 0 Å². The van der Waals surface area contributed by atoms with Gasteiger partial charge < -0.3 is 14.5 Å². The zero-order valence-corrected chi connectivity index (χ0v) is 17.8. The first-order chi connectivity index (χ1) is 15.4. The van der Waals surface area contributed by atoms with Crippen molar-refractivity contribution in [1.82, 2.24) is 4.90 Å². The number of hydrogen-bond donors (Lipinski definition) is 0. The van der Waals surface area contributed by atoms with E-state index >= 15 is 0 Å². The number of nitriles is 1. The Hall–Kier alpha value is -3.73. The highest BCUT2D eigenvalue weighted by Gasteiger charge is 2.24. The van der Waals surface area contributed by atoms with E-state index in [0.717, 1.165) is 5.56 Å². The van der Waals surface area contributed by atoms with Crippen LogP contribution in [-0.4, -0.2) is 55.3 Å². The number of benzene rings is 2. The Balaban J connectivity index is 1.42. The van der Waals surface area contributed by atoms with Crippen LogP contribution in [0.25, 0.3) is 0 Å². The molecule has 0 atom stereocenters. The fourth-order valence-corrected chi connectivity index (χ4v) is 3.48. The van der Waals surface area contributed by atoms with Crippen LogP contribution in [0.5, 0.6) is 0 Å². The van der Waals surface area contributed by atoms with Gasteiger partial charge in [0.15, 0.2) is 12.4 Å². The molecule has 1 fully saturated rings. The number of ketones is 1. The van der Waals surface area contributed by atoms with E-state index in [4.69, 9.17) is 10.00 Å². The average molecular weight is 437 g/mol. The van der Waals surface area contributed by atoms with Gasteiger partial charge in [0.2, 0.25) is 0 Å². The van der Waals surface area contributed by atoms with Gasteiger partial charge in [-0.15, -0.1) is 0 Å². The maximum atomic E-state index is 14.3. The Morgan fingerprint density at radius 2 is 1.75 bits per heavy atom. The highest BCUT2D eigenvalue weighted by atomic mass is 19.1.